The molecule has 0 bridgehead atoms. The van der Waals surface area contributed by atoms with Crippen molar-refractivity contribution in [3.63, 3.8) is 0 Å². The third-order valence-electron chi connectivity index (χ3n) is 2.66. The Labute approximate surface area is 94.4 Å². The molecule has 0 saturated heterocycles. The normalized spacial score (nSPS) is 24.6. The second kappa shape index (κ2) is 4.65. The van der Waals surface area contributed by atoms with Gasteiger partial charge in [0.2, 0.25) is 0 Å². The van der Waals surface area contributed by atoms with Crippen LogP contribution in [-0.2, 0) is 23.8 Å². The minimum atomic E-state index is -0.864. The van der Waals surface area contributed by atoms with Gasteiger partial charge >= 0.3 is 11.9 Å². The van der Waals surface area contributed by atoms with E-state index in [0.717, 1.165) is 0 Å². The van der Waals surface area contributed by atoms with Crippen LogP contribution in [0.25, 0.3) is 0 Å². The number of hydrogen-bond acceptors (Lipinski definition) is 5. The smallest absolute Gasteiger partial charge is 0.346 e. The van der Waals surface area contributed by atoms with Gasteiger partial charge in [0.1, 0.15) is 5.57 Å². The van der Waals surface area contributed by atoms with Gasteiger partial charge in [-0.15, -0.1) is 0 Å². The fourth-order valence-corrected chi connectivity index (χ4v) is 1.52. The number of hydrogen-bond donors (Lipinski definition) is 0. The molecule has 16 heavy (non-hydrogen) atoms. The molecule has 90 valence electrons. The standard InChI is InChI=1S/C11H16O5/c1-5-15-6-11(3)7(2)8(9(12)14-4)10(13)16-11/h5-6H2,1-4H3. The first kappa shape index (κ1) is 12.7. The van der Waals surface area contributed by atoms with E-state index in [4.69, 9.17) is 9.47 Å². The van der Waals surface area contributed by atoms with Gasteiger partial charge in [-0.1, -0.05) is 0 Å². The molecule has 0 N–H and O–H groups in total. The monoisotopic (exact) mass is 228 g/mol. The fraction of sp³-hybridized carbons (Fsp3) is 0.636. The van der Waals surface area contributed by atoms with Gasteiger partial charge in [-0.3, -0.25) is 0 Å². The third-order valence-corrected chi connectivity index (χ3v) is 2.66. The summed E-state index contributed by atoms with van der Waals surface area (Å²) in [5, 5.41) is 0. The summed E-state index contributed by atoms with van der Waals surface area (Å²) in [5.41, 5.74) is -0.334. The lowest BCUT2D eigenvalue weighted by atomic mass is 9.96. The van der Waals surface area contributed by atoms with Crippen molar-refractivity contribution in [2.45, 2.75) is 26.4 Å². The maximum Gasteiger partial charge on any atom is 0.346 e. The first-order valence-corrected chi connectivity index (χ1v) is 5.07. The van der Waals surface area contributed by atoms with Crippen LogP contribution in [0.3, 0.4) is 0 Å². The Balaban J connectivity index is 2.98. The SMILES string of the molecule is CCOCC1(C)OC(=O)C(C(=O)OC)=C1C. The number of cyclic esters (lactones) is 1. The predicted octanol–water partition coefficient (Wildman–Crippen LogP) is 0.828. The number of carbonyl (C=O) groups excluding carboxylic acids is 2. The van der Waals surface area contributed by atoms with Crippen LogP contribution in [0.1, 0.15) is 20.8 Å². The predicted molar refractivity (Wildman–Crippen MR) is 55.7 cm³/mol. The average molecular weight is 228 g/mol. The van der Waals surface area contributed by atoms with Gasteiger partial charge in [0.25, 0.3) is 0 Å². The van der Waals surface area contributed by atoms with Crippen molar-refractivity contribution in [2.75, 3.05) is 20.3 Å². The van der Waals surface area contributed by atoms with Gasteiger partial charge in [0, 0.05) is 6.61 Å². The van der Waals surface area contributed by atoms with Crippen LogP contribution in [0, 0.1) is 0 Å². The summed E-state index contributed by atoms with van der Waals surface area (Å²) in [6, 6.07) is 0. The largest absolute Gasteiger partial charge is 0.465 e. The molecule has 0 amide bonds. The summed E-state index contributed by atoms with van der Waals surface area (Å²) >= 11 is 0. The zero-order valence-electron chi connectivity index (χ0n) is 9.96. The van der Waals surface area contributed by atoms with Crippen LogP contribution in [-0.4, -0.2) is 37.9 Å². The van der Waals surface area contributed by atoms with Crippen LogP contribution < -0.4 is 0 Å². The summed E-state index contributed by atoms with van der Waals surface area (Å²) in [6.07, 6.45) is 0. The first-order chi connectivity index (χ1) is 7.46. The summed E-state index contributed by atoms with van der Waals surface area (Å²) < 4.78 is 14.9. The van der Waals surface area contributed by atoms with Crippen LogP contribution >= 0.6 is 0 Å². The minimum absolute atomic E-state index is 0.0234. The molecule has 1 aliphatic heterocycles. The molecule has 1 rings (SSSR count). The highest BCUT2D eigenvalue weighted by Crippen LogP contribution is 2.33. The Morgan fingerprint density at radius 2 is 2.12 bits per heavy atom. The van der Waals surface area contributed by atoms with E-state index in [1.54, 1.807) is 13.8 Å². The molecule has 1 atom stereocenters. The van der Waals surface area contributed by atoms with E-state index in [1.165, 1.54) is 7.11 Å². The van der Waals surface area contributed by atoms with Gasteiger partial charge in [-0.25, -0.2) is 9.59 Å². The van der Waals surface area contributed by atoms with Crippen molar-refractivity contribution in [1.29, 1.82) is 0 Å². The molecule has 0 aromatic carbocycles. The molecule has 0 aliphatic carbocycles. The molecule has 0 aromatic heterocycles. The van der Waals surface area contributed by atoms with E-state index in [2.05, 4.69) is 4.74 Å². The van der Waals surface area contributed by atoms with E-state index in [0.29, 0.717) is 12.2 Å². The molecular formula is C11H16O5. The summed E-state index contributed by atoms with van der Waals surface area (Å²) in [5.74, 6) is -1.31. The van der Waals surface area contributed by atoms with E-state index in [9.17, 15) is 9.59 Å². The highest BCUT2D eigenvalue weighted by atomic mass is 16.6. The molecular weight excluding hydrogens is 212 g/mol. The number of methoxy groups -OCH3 is 1. The van der Waals surface area contributed by atoms with Crippen LogP contribution in [0.15, 0.2) is 11.1 Å². The van der Waals surface area contributed by atoms with Crippen molar-refractivity contribution in [3.8, 4) is 0 Å². The van der Waals surface area contributed by atoms with E-state index in [-0.39, 0.29) is 12.2 Å². The Kier molecular flexibility index (Phi) is 3.70. The van der Waals surface area contributed by atoms with Crippen LogP contribution in [0.4, 0.5) is 0 Å². The van der Waals surface area contributed by atoms with Crippen LogP contribution in [0.2, 0.25) is 0 Å². The summed E-state index contributed by atoms with van der Waals surface area (Å²) in [7, 11) is 1.23. The van der Waals surface area contributed by atoms with E-state index < -0.39 is 17.5 Å². The Morgan fingerprint density at radius 1 is 1.50 bits per heavy atom. The molecule has 0 aromatic rings. The van der Waals surface area contributed by atoms with Gasteiger partial charge in [0.05, 0.1) is 13.7 Å². The lowest BCUT2D eigenvalue weighted by molar-refractivity contribution is -0.152. The maximum atomic E-state index is 11.5. The molecule has 5 heteroatoms. The molecule has 0 fully saturated rings. The molecule has 0 radical (unpaired) electrons. The first-order valence-electron chi connectivity index (χ1n) is 5.07. The lowest BCUT2D eigenvalue weighted by Crippen LogP contribution is -2.33. The van der Waals surface area contributed by atoms with Gasteiger partial charge in [0.15, 0.2) is 5.60 Å². The third kappa shape index (κ3) is 2.09. The van der Waals surface area contributed by atoms with Gasteiger partial charge in [-0.2, -0.15) is 0 Å². The number of rotatable bonds is 4. The number of esters is 2. The van der Waals surface area contributed by atoms with E-state index >= 15 is 0 Å². The minimum Gasteiger partial charge on any atom is -0.465 e. The highest BCUT2D eigenvalue weighted by molar-refractivity contribution is 6.16. The van der Waals surface area contributed by atoms with Crippen molar-refractivity contribution < 1.29 is 23.8 Å². The zero-order chi connectivity index (χ0) is 12.3. The van der Waals surface area contributed by atoms with Crippen molar-refractivity contribution in [1.82, 2.24) is 0 Å². The maximum absolute atomic E-state index is 11.5. The summed E-state index contributed by atoms with van der Waals surface area (Å²) in [4.78, 5) is 22.9. The van der Waals surface area contributed by atoms with Gasteiger partial charge in [-0.05, 0) is 26.3 Å². The zero-order valence-corrected chi connectivity index (χ0v) is 9.96. The Morgan fingerprint density at radius 3 is 2.62 bits per heavy atom. The fourth-order valence-electron chi connectivity index (χ4n) is 1.52. The second-order valence-corrected chi connectivity index (χ2v) is 3.75. The number of ether oxygens (including phenoxy) is 3. The second-order valence-electron chi connectivity index (χ2n) is 3.75. The quantitative estimate of drug-likeness (QED) is 0.526. The molecule has 0 saturated carbocycles. The molecule has 0 spiro atoms. The van der Waals surface area contributed by atoms with Crippen LogP contribution in [0.5, 0.6) is 0 Å². The molecule has 5 nitrogen and oxygen atoms in total. The van der Waals surface area contributed by atoms with E-state index in [1.807, 2.05) is 6.92 Å². The average Bonchev–Trinajstić information content (AvgIpc) is 2.47. The lowest BCUT2D eigenvalue weighted by Gasteiger charge is -2.24. The topological polar surface area (TPSA) is 61.8 Å². The molecule has 1 aliphatic rings. The summed E-state index contributed by atoms with van der Waals surface area (Å²) in [6.45, 7) is 6.00. The Hall–Kier alpha value is -1.36. The van der Waals surface area contributed by atoms with Crippen molar-refractivity contribution in [3.05, 3.63) is 11.1 Å². The van der Waals surface area contributed by atoms with Gasteiger partial charge < -0.3 is 14.2 Å². The van der Waals surface area contributed by atoms with Crippen molar-refractivity contribution in [2.24, 2.45) is 0 Å². The number of carbonyl (C=O) groups is 2. The highest BCUT2D eigenvalue weighted by Gasteiger charge is 2.44. The van der Waals surface area contributed by atoms with Crippen molar-refractivity contribution >= 4 is 11.9 Å². The molecule has 1 heterocycles. The Bertz CT molecular complexity index is 344. The molecule has 1 unspecified atom stereocenters.